The van der Waals surface area contributed by atoms with Gasteiger partial charge in [-0.05, 0) is 115 Å². The molecule has 4 rings (SSSR count). The standard InChI is InChI=1S/C26H21ClIN3O3/c1-14-4-10-20(13-15(14)2)31-25(33)22(27)23(26(31)34)29-19-8-5-17(6-9-19)24(32)30-21-11-7-18(28)12-16(21)3/h4-13,29H,1-3H3,(H,30,32). The van der Waals surface area contributed by atoms with E-state index >= 15 is 0 Å². The largest absolute Gasteiger partial charge is 0.350 e. The van der Waals surface area contributed by atoms with Crippen LogP contribution in [0.1, 0.15) is 27.0 Å². The Morgan fingerprint density at radius 2 is 1.56 bits per heavy atom. The van der Waals surface area contributed by atoms with Gasteiger partial charge in [-0.25, -0.2) is 4.90 Å². The van der Waals surface area contributed by atoms with Crippen molar-refractivity contribution in [2.75, 3.05) is 15.5 Å². The first-order valence-corrected chi connectivity index (χ1v) is 11.9. The highest BCUT2D eigenvalue weighted by atomic mass is 127. The number of carbonyl (C=O) groups excluding carboxylic acids is 3. The van der Waals surface area contributed by atoms with Crippen molar-refractivity contribution >= 4 is 69.0 Å². The van der Waals surface area contributed by atoms with E-state index in [0.717, 1.165) is 30.8 Å². The van der Waals surface area contributed by atoms with E-state index in [1.807, 2.05) is 45.0 Å². The molecule has 2 N–H and O–H groups in total. The van der Waals surface area contributed by atoms with Crippen LogP contribution in [0.15, 0.2) is 71.4 Å². The lowest BCUT2D eigenvalue weighted by molar-refractivity contribution is -0.120. The fraction of sp³-hybridized carbons (Fsp3) is 0.115. The van der Waals surface area contributed by atoms with Gasteiger partial charge in [0.05, 0.1) is 5.69 Å². The minimum absolute atomic E-state index is 0.00314. The van der Waals surface area contributed by atoms with Gasteiger partial charge in [-0.2, -0.15) is 0 Å². The van der Waals surface area contributed by atoms with Crippen molar-refractivity contribution in [3.63, 3.8) is 0 Å². The Balaban J connectivity index is 1.49. The molecule has 0 bridgehead atoms. The molecule has 3 aromatic rings. The smallest absolute Gasteiger partial charge is 0.283 e. The summed E-state index contributed by atoms with van der Waals surface area (Å²) in [5, 5.41) is 5.65. The van der Waals surface area contributed by atoms with Crippen molar-refractivity contribution in [1.29, 1.82) is 0 Å². The van der Waals surface area contributed by atoms with Crippen LogP contribution >= 0.6 is 34.2 Å². The lowest BCUT2D eigenvalue weighted by Crippen LogP contribution is -2.32. The van der Waals surface area contributed by atoms with Gasteiger partial charge in [-0.1, -0.05) is 17.7 Å². The van der Waals surface area contributed by atoms with Gasteiger partial charge in [-0.15, -0.1) is 0 Å². The van der Waals surface area contributed by atoms with Gasteiger partial charge in [0.25, 0.3) is 17.7 Å². The third-order valence-electron chi connectivity index (χ3n) is 5.63. The summed E-state index contributed by atoms with van der Waals surface area (Å²) < 4.78 is 1.09. The first-order chi connectivity index (χ1) is 16.2. The molecular formula is C26H21ClIN3O3. The number of halogens is 2. The lowest BCUT2D eigenvalue weighted by atomic mass is 10.1. The predicted octanol–water partition coefficient (Wildman–Crippen LogP) is 5.90. The van der Waals surface area contributed by atoms with Crippen LogP contribution in [-0.2, 0) is 9.59 Å². The summed E-state index contributed by atoms with van der Waals surface area (Å²) in [6, 6.07) is 17.7. The molecule has 1 aliphatic rings. The average molecular weight is 586 g/mol. The topological polar surface area (TPSA) is 78.5 Å². The summed E-state index contributed by atoms with van der Waals surface area (Å²) in [7, 11) is 0. The maximum atomic E-state index is 13.0. The molecule has 172 valence electrons. The molecule has 6 nitrogen and oxygen atoms in total. The number of benzene rings is 3. The molecule has 0 radical (unpaired) electrons. The van der Waals surface area contributed by atoms with E-state index in [1.54, 1.807) is 36.4 Å². The Labute approximate surface area is 216 Å². The molecule has 0 spiro atoms. The van der Waals surface area contributed by atoms with Crippen molar-refractivity contribution in [3.8, 4) is 0 Å². The number of imide groups is 1. The van der Waals surface area contributed by atoms with Gasteiger partial charge < -0.3 is 10.6 Å². The van der Waals surface area contributed by atoms with Crippen LogP contribution < -0.4 is 15.5 Å². The van der Waals surface area contributed by atoms with Crippen LogP contribution in [0.4, 0.5) is 17.1 Å². The summed E-state index contributed by atoms with van der Waals surface area (Å²) in [4.78, 5) is 39.4. The van der Waals surface area contributed by atoms with Crippen LogP contribution in [0.25, 0.3) is 0 Å². The van der Waals surface area contributed by atoms with Gasteiger partial charge in [-0.3, -0.25) is 14.4 Å². The predicted molar refractivity (Wildman–Crippen MR) is 143 cm³/mol. The summed E-state index contributed by atoms with van der Waals surface area (Å²) in [6.07, 6.45) is 0. The molecule has 0 aromatic heterocycles. The Morgan fingerprint density at radius 3 is 2.21 bits per heavy atom. The molecule has 3 aromatic carbocycles. The number of hydrogen-bond donors (Lipinski definition) is 2. The summed E-state index contributed by atoms with van der Waals surface area (Å²) in [5.41, 5.74) is 5.17. The van der Waals surface area contributed by atoms with Crippen LogP contribution in [0.3, 0.4) is 0 Å². The highest BCUT2D eigenvalue weighted by Crippen LogP contribution is 2.31. The van der Waals surface area contributed by atoms with E-state index in [4.69, 9.17) is 11.6 Å². The van der Waals surface area contributed by atoms with Crippen molar-refractivity contribution in [1.82, 2.24) is 0 Å². The average Bonchev–Trinajstić information content (AvgIpc) is 3.01. The number of rotatable bonds is 5. The highest BCUT2D eigenvalue weighted by Gasteiger charge is 2.39. The van der Waals surface area contributed by atoms with Crippen molar-refractivity contribution in [2.24, 2.45) is 0 Å². The normalized spacial score (nSPS) is 13.5. The molecule has 3 amide bonds. The maximum Gasteiger partial charge on any atom is 0.283 e. The number of nitrogens with zero attached hydrogens (tertiary/aromatic N) is 1. The number of amides is 3. The molecule has 1 aliphatic heterocycles. The molecule has 0 atom stereocenters. The highest BCUT2D eigenvalue weighted by molar-refractivity contribution is 14.1. The second-order valence-corrected chi connectivity index (χ2v) is 9.64. The van der Waals surface area contributed by atoms with Crippen molar-refractivity contribution in [2.45, 2.75) is 20.8 Å². The van der Waals surface area contributed by atoms with Crippen molar-refractivity contribution in [3.05, 3.63) is 97.2 Å². The molecule has 34 heavy (non-hydrogen) atoms. The first-order valence-electron chi connectivity index (χ1n) is 10.5. The fourth-order valence-electron chi connectivity index (χ4n) is 3.52. The molecular weight excluding hydrogens is 565 g/mol. The van der Waals surface area contributed by atoms with E-state index in [-0.39, 0.29) is 16.6 Å². The van der Waals surface area contributed by atoms with Crippen LogP contribution in [0, 0.1) is 24.3 Å². The number of aryl methyl sites for hydroxylation is 3. The zero-order valence-electron chi connectivity index (χ0n) is 18.7. The molecule has 0 unspecified atom stereocenters. The Bertz CT molecular complexity index is 1370. The first kappa shape index (κ1) is 24.0. The summed E-state index contributed by atoms with van der Waals surface area (Å²) in [5.74, 6) is -1.36. The fourth-order valence-corrected chi connectivity index (χ4v) is 4.38. The molecule has 0 saturated carbocycles. The van der Waals surface area contributed by atoms with Crippen LogP contribution in [0.5, 0.6) is 0 Å². The molecule has 1 heterocycles. The van der Waals surface area contributed by atoms with E-state index in [0.29, 0.717) is 16.9 Å². The molecule has 0 saturated heterocycles. The zero-order valence-corrected chi connectivity index (χ0v) is 21.6. The van der Waals surface area contributed by atoms with Gasteiger partial charge in [0.2, 0.25) is 0 Å². The second kappa shape index (κ2) is 9.60. The van der Waals surface area contributed by atoms with E-state index in [1.165, 1.54) is 0 Å². The van der Waals surface area contributed by atoms with Crippen LogP contribution in [-0.4, -0.2) is 17.7 Å². The van der Waals surface area contributed by atoms with Gasteiger partial charge in [0.1, 0.15) is 10.7 Å². The number of carbonyl (C=O) groups is 3. The van der Waals surface area contributed by atoms with E-state index in [9.17, 15) is 14.4 Å². The lowest BCUT2D eigenvalue weighted by Gasteiger charge is -2.16. The minimum Gasteiger partial charge on any atom is -0.350 e. The quantitative estimate of drug-likeness (QED) is 0.289. The maximum absolute atomic E-state index is 13.0. The number of hydrogen-bond acceptors (Lipinski definition) is 4. The SMILES string of the molecule is Cc1ccc(N2C(=O)C(Cl)=C(Nc3ccc(C(=O)Nc4ccc(I)cc4C)cc3)C2=O)cc1C. The Hall–Kier alpha value is -3.17. The molecule has 0 aliphatic carbocycles. The third kappa shape index (κ3) is 4.71. The second-order valence-electron chi connectivity index (χ2n) is 8.02. The number of anilines is 3. The monoisotopic (exact) mass is 585 g/mol. The van der Waals surface area contributed by atoms with E-state index < -0.39 is 11.8 Å². The van der Waals surface area contributed by atoms with Gasteiger partial charge >= 0.3 is 0 Å². The zero-order chi connectivity index (χ0) is 24.6. The van der Waals surface area contributed by atoms with E-state index in [2.05, 4.69) is 33.2 Å². The minimum atomic E-state index is -0.582. The van der Waals surface area contributed by atoms with Gasteiger partial charge in [0.15, 0.2) is 0 Å². The third-order valence-corrected chi connectivity index (χ3v) is 6.65. The number of nitrogens with one attached hydrogen (secondary N) is 2. The Kier molecular flexibility index (Phi) is 6.77. The molecule has 0 fully saturated rings. The van der Waals surface area contributed by atoms with Crippen LogP contribution in [0.2, 0.25) is 0 Å². The van der Waals surface area contributed by atoms with Gasteiger partial charge in [0, 0.05) is 20.5 Å². The molecule has 8 heteroatoms. The van der Waals surface area contributed by atoms with Crippen molar-refractivity contribution < 1.29 is 14.4 Å². The summed E-state index contributed by atoms with van der Waals surface area (Å²) >= 11 is 8.45. The summed E-state index contributed by atoms with van der Waals surface area (Å²) in [6.45, 7) is 5.80. The Morgan fingerprint density at radius 1 is 0.853 bits per heavy atom.